The predicted octanol–water partition coefficient (Wildman–Crippen LogP) is 6.45. The van der Waals surface area contributed by atoms with E-state index in [1.165, 1.54) is 17.6 Å². The van der Waals surface area contributed by atoms with Crippen molar-refractivity contribution in [1.29, 1.82) is 0 Å². The summed E-state index contributed by atoms with van der Waals surface area (Å²) in [7, 11) is 0. The third-order valence-corrected chi connectivity index (χ3v) is 8.16. The highest BCUT2D eigenvalue weighted by Crippen LogP contribution is 2.59. The van der Waals surface area contributed by atoms with Crippen molar-refractivity contribution in [1.82, 2.24) is 0 Å². The Kier molecular flexibility index (Phi) is 5.15. The number of ether oxygens (including phenoxy) is 2. The van der Waals surface area contributed by atoms with E-state index in [4.69, 9.17) is 42.5 Å². The zero-order chi connectivity index (χ0) is 20.2. The molecular formula is C23H28Cl2O4. The molecule has 1 saturated carbocycles. The van der Waals surface area contributed by atoms with Crippen LogP contribution in [-0.2, 0) is 25.7 Å². The van der Waals surface area contributed by atoms with Gasteiger partial charge in [0.05, 0.1) is 16.3 Å². The molecule has 6 heteroatoms. The Labute approximate surface area is 182 Å². The fourth-order valence-corrected chi connectivity index (χ4v) is 6.17. The summed E-state index contributed by atoms with van der Waals surface area (Å²) in [5.74, 6) is 0.519. The maximum atomic E-state index is 6.28. The average molecular weight is 439 g/mol. The van der Waals surface area contributed by atoms with Gasteiger partial charge in [-0.2, -0.15) is 0 Å². The molecule has 6 atom stereocenters. The van der Waals surface area contributed by atoms with Crippen molar-refractivity contribution in [3.05, 3.63) is 45.6 Å². The van der Waals surface area contributed by atoms with E-state index in [-0.39, 0.29) is 12.2 Å². The Balaban J connectivity index is 1.35. The van der Waals surface area contributed by atoms with Gasteiger partial charge in [-0.15, -0.1) is 0 Å². The standard InChI is InChI=1S/C23H28Cl2O4/c1-14-6-8-18-16(5-3-4-15-7-9-19(24)20(25)12-15)13-26-21-23(18)17(14)10-11-22(2,27-21)28-29-23/h7,9,12-14,17-18,21H,3-6,8,10-11H2,1-2H3. The Bertz CT molecular complexity index is 827. The number of benzene rings is 1. The molecule has 6 unspecified atom stereocenters. The van der Waals surface area contributed by atoms with Crippen LogP contribution in [0.4, 0.5) is 0 Å². The summed E-state index contributed by atoms with van der Waals surface area (Å²) in [6, 6.07) is 5.87. The minimum Gasteiger partial charge on any atom is -0.469 e. The van der Waals surface area contributed by atoms with Crippen molar-refractivity contribution < 1.29 is 19.2 Å². The maximum absolute atomic E-state index is 6.28. The molecular weight excluding hydrogens is 411 g/mol. The van der Waals surface area contributed by atoms with Crippen LogP contribution in [0.2, 0.25) is 10.0 Å². The van der Waals surface area contributed by atoms with Crippen LogP contribution >= 0.6 is 23.2 Å². The van der Waals surface area contributed by atoms with Crippen molar-refractivity contribution in [2.75, 3.05) is 0 Å². The largest absolute Gasteiger partial charge is 0.469 e. The monoisotopic (exact) mass is 438 g/mol. The molecule has 4 fully saturated rings. The van der Waals surface area contributed by atoms with Crippen molar-refractivity contribution in [3.63, 3.8) is 0 Å². The number of fused-ring (bicyclic) bond motifs is 2. The molecule has 5 aliphatic rings. The number of rotatable bonds is 4. The highest BCUT2D eigenvalue weighted by molar-refractivity contribution is 6.42. The molecule has 29 heavy (non-hydrogen) atoms. The first-order valence-corrected chi connectivity index (χ1v) is 11.5. The van der Waals surface area contributed by atoms with E-state index >= 15 is 0 Å². The van der Waals surface area contributed by atoms with Crippen molar-refractivity contribution in [2.45, 2.75) is 76.5 Å². The van der Waals surface area contributed by atoms with E-state index in [1.54, 1.807) is 0 Å². The predicted molar refractivity (Wildman–Crippen MR) is 111 cm³/mol. The first kappa shape index (κ1) is 20.1. The average Bonchev–Trinajstić information content (AvgIpc) is 2.93. The minimum atomic E-state index is -0.712. The van der Waals surface area contributed by atoms with Gasteiger partial charge in [0.2, 0.25) is 12.1 Å². The number of aryl methyl sites for hydroxylation is 1. The molecule has 1 spiro atoms. The summed E-state index contributed by atoms with van der Waals surface area (Å²) in [5.41, 5.74) is 1.99. The van der Waals surface area contributed by atoms with Gasteiger partial charge in [0, 0.05) is 18.3 Å². The lowest BCUT2D eigenvalue weighted by molar-refractivity contribution is -0.555. The van der Waals surface area contributed by atoms with Gasteiger partial charge in [0.15, 0.2) is 5.60 Å². The van der Waals surface area contributed by atoms with Crippen LogP contribution in [0.3, 0.4) is 0 Å². The molecule has 4 aliphatic heterocycles. The zero-order valence-electron chi connectivity index (χ0n) is 17.0. The molecule has 0 amide bonds. The van der Waals surface area contributed by atoms with Gasteiger partial charge in [-0.1, -0.05) is 36.2 Å². The molecule has 4 heterocycles. The van der Waals surface area contributed by atoms with Gasteiger partial charge in [-0.05, 0) is 74.6 Å². The smallest absolute Gasteiger partial charge is 0.235 e. The first-order chi connectivity index (χ1) is 13.9. The summed E-state index contributed by atoms with van der Waals surface area (Å²) < 4.78 is 12.4. The topological polar surface area (TPSA) is 36.9 Å². The van der Waals surface area contributed by atoms with E-state index < -0.39 is 11.4 Å². The number of hydrogen-bond donors (Lipinski definition) is 0. The third-order valence-electron chi connectivity index (χ3n) is 7.42. The number of hydrogen-bond acceptors (Lipinski definition) is 4. The minimum absolute atomic E-state index is 0.277. The second-order valence-electron chi connectivity index (χ2n) is 9.29. The van der Waals surface area contributed by atoms with E-state index in [0.29, 0.717) is 21.9 Å². The molecule has 1 aliphatic carbocycles. The van der Waals surface area contributed by atoms with E-state index in [9.17, 15) is 0 Å². The van der Waals surface area contributed by atoms with Crippen LogP contribution in [0.5, 0.6) is 0 Å². The second kappa shape index (κ2) is 7.42. The Hall–Kier alpha value is -0.780. The van der Waals surface area contributed by atoms with Crippen LogP contribution in [0.25, 0.3) is 0 Å². The van der Waals surface area contributed by atoms with Crippen LogP contribution in [0, 0.1) is 17.8 Å². The van der Waals surface area contributed by atoms with Gasteiger partial charge in [-0.25, -0.2) is 9.78 Å². The highest BCUT2D eigenvalue weighted by Gasteiger charge is 2.67. The SMILES string of the molecule is CC1CCC2C(CCCc3ccc(Cl)c(Cl)c3)=COC3OC4(C)CCC1C32OO4. The van der Waals surface area contributed by atoms with Crippen LogP contribution < -0.4 is 0 Å². The molecule has 0 N–H and O–H groups in total. The van der Waals surface area contributed by atoms with E-state index in [1.807, 2.05) is 31.4 Å². The Morgan fingerprint density at radius 3 is 2.76 bits per heavy atom. The maximum Gasteiger partial charge on any atom is 0.235 e. The molecule has 6 rings (SSSR count). The molecule has 3 saturated heterocycles. The van der Waals surface area contributed by atoms with Crippen LogP contribution in [-0.4, -0.2) is 17.7 Å². The summed E-state index contributed by atoms with van der Waals surface area (Å²) in [4.78, 5) is 12.1. The summed E-state index contributed by atoms with van der Waals surface area (Å²) >= 11 is 12.2. The molecule has 1 aromatic rings. The Morgan fingerprint density at radius 1 is 1.07 bits per heavy atom. The van der Waals surface area contributed by atoms with E-state index in [2.05, 4.69) is 6.92 Å². The van der Waals surface area contributed by atoms with Crippen molar-refractivity contribution >= 4 is 23.2 Å². The molecule has 0 radical (unpaired) electrons. The normalized spacial score (nSPS) is 40.6. The lowest BCUT2D eigenvalue weighted by Crippen LogP contribution is -2.66. The van der Waals surface area contributed by atoms with Gasteiger partial charge in [-0.3, -0.25) is 0 Å². The summed E-state index contributed by atoms with van der Waals surface area (Å²) in [6.07, 6.45) is 8.64. The van der Waals surface area contributed by atoms with Crippen LogP contribution in [0.1, 0.15) is 57.9 Å². The number of halogens is 2. The zero-order valence-corrected chi connectivity index (χ0v) is 18.5. The van der Waals surface area contributed by atoms with E-state index in [0.717, 1.165) is 38.5 Å². The Morgan fingerprint density at radius 2 is 1.93 bits per heavy atom. The highest BCUT2D eigenvalue weighted by atomic mass is 35.5. The molecule has 158 valence electrons. The molecule has 4 nitrogen and oxygen atoms in total. The quantitative estimate of drug-likeness (QED) is 0.506. The van der Waals surface area contributed by atoms with Gasteiger partial charge < -0.3 is 9.47 Å². The van der Waals surface area contributed by atoms with Crippen LogP contribution in [0.15, 0.2) is 30.0 Å². The van der Waals surface area contributed by atoms with Crippen molar-refractivity contribution in [2.24, 2.45) is 17.8 Å². The molecule has 1 aromatic carbocycles. The first-order valence-electron chi connectivity index (χ1n) is 10.7. The summed E-state index contributed by atoms with van der Waals surface area (Å²) in [5, 5.41) is 1.21. The second-order valence-corrected chi connectivity index (χ2v) is 10.1. The third kappa shape index (κ3) is 3.32. The molecule has 0 aromatic heterocycles. The fourth-order valence-electron chi connectivity index (χ4n) is 5.85. The molecule has 2 bridgehead atoms. The van der Waals surface area contributed by atoms with Crippen molar-refractivity contribution in [3.8, 4) is 0 Å². The summed E-state index contributed by atoms with van der Waals surface area (Å²) in [6.45, 7) is 4.29. The lowest BCUT2D eigenvalue weighted by atomic mass is 9.59. The van der Waals surface area contributed by atoms with Gasteiger partial charge in [0.25, 0.3) is 0 Å². The van der Waals surface area contributed by atoms with Gasteiger partial charge in [0.1, 0.15) is 0 Å². The lowest BCUT2D eigenvalue weighted by Gasteiger charge is -2.56. The van der Waals surface area contributed by atoms with Gasteiger partial charge >= 0.3 is 0 Å². The fraction of sp³-hybridized carbons (Fsp3) is 0.652.